The fraction of sp³-hybridized carbons (Fsp3) is 0.905. The number of esters is 1. The maximum absolute atomic E-state index is 13.1. The first-order valence-corrected chi connectivity index (χ1v) is 10.2. The summed E-state index contributed by atoms with van der Waals surface area (Å²) in [4.78, 5) is 25.4. The molecule has 0 aromatic rings. The van der Waals surface area contributed by atoms with Crippen molar-refractivity contribution in [1.29, 1.82) is 0 Å². The van der Waals surface area contributed by atoms with Gasteiger partial charge in [-0.1, -0.05) is 13.8 Å². The Hall–Kier alpha value is -0.940. The molecule has 5 nitrogen and oxygen atoms in total. The van der Waals surface area contributed by atoms with E-state index in [1.165, 1.54) is 7.11 Å². The van der Waals surface area contributed by atoms with E-state index in [0.717, 1.165) is 25.7 Å². The summed E-state index contributed by atoms with van der Waals surface area (Å²) < 4.78 is 5.07. The second kappa shape index (κ2) is 5.78. The SMILES string of the molecule is COC(=O)[C@H]1CC[C@H]2[C@@H]3CC(=O)[C@@]4(O)C[C@@H](O)CC[C@]4(C)[C@H]3CC[C@]12C. The Morgan fingerprint density at radius 1 is 1.12 bits per heavy atom. The van der Waals surface area contributed by atoms with Crippen LogP contribution in [0.3, 0.4) is 0 Å². The van der Waals surface area contributed by atoms with Crippen molar-refractivity contribution in [2.45, 2.75) is 76.9 Å². The van der Waals surface area contributed by atoms with E-state index in [1.54, 1.807) is 0 Å². The second-order valence-corrected chi connectivity index (χ2v) is 9.88. The highest BCUT2D eigenvalue weighted by Crippen LogP contribution is 2.67. The predicted molar refractivity (Wildman–Crippen MR) is 95.1 cm³/mol. The van der Waals surface area contributed by atoms with Gasteiger partial charge >= 0.3 is 5.97 Å². The van der Waals surface area contributed by atoms with Crippen LogP contribution in [0.4, 0.5) is 0 Å². The molecule has 4 aliphatic carbocycles. The van der Waals surface area contributed by atoms with E-state index >= 15 is 0 Å². The number of Topliss-reactive ketones (excluding diaryl/α,β-unsaturated/α-hetero) is 1. The Kier molecular flexibility index (Phi) is 4.09. The van der Waals surface area contributed by atoms with Crippen LogP contribution in [-0.2, 0) is 14.3 Å². The molecule has 5 heteroatoms. The molecule has 0 unspecified atom stereocenters. The van der Waals surface area contributed by atoms with Crippen LogP contribution in [0, 0.1) is 34.5 Å². The molecule has 4 saturated carbocycles. The number of aliphatic hydroxyl groups is 2. The van der Waals surface area contributed by atoms with Crippen molar-refractivity contribution in [2.24, 2.45) is 34.5 Å². The Balaban J connectivity index is 1.69. The molecule has 0 radical (unpaired) electrons. The topological polar surface area (TPSA) is 83.8 Å². The summed E-state index contributed by atoms with van der Waals surface area (Å²) in [6.45, 7) is 4.28. The van der Waals surface area contributed by atoms with Crippen LogP contribution < -0.4 is 0 Å². The maximum Gasteiger partial charge on any atom is 0.309 e. The fourth-order valence-electron chi connectivity index (χ4n) is 7.55. The van der Waals surface area contributed by atoms with Crippen molar-refractivity contribution in [1.82, 2.24) is 0 Å². The standard InChI is InChI=1S/C21H32O5/c1-19-8-7-15-13(14(19)4-5-16(19)18(24)26-3)10-17(23)21(25)11-12(22)6-9-20(15,21)2/h12-16,22,25H,4-11H2,1-3H3/t12-,13-,14-,15-,16+,19-,20+,21-/m0/s1. The van der Waals surface area contributed by atoms with Crippen LogP contribution >= 0.6 is 0 Å². The minimum atomic E-state index is -1.39. The number of methoxy groups -OCH3 is 1. The summed E-state index contributed by atoms with van der Waals surface area (Å²) >= 11 is 0. The number of fused-ring (bicyclic) bond motifs is 5. The van der Waals surface area contributed by atoms with Gasteiger partial charge in [0.05, 0.1) is 19.1 Å². The largest absolute Gasteiger partial charge is 0.469 e. The van der Waals surface area contributed by atoms with Crippen LogP contribution in [-0.4, -0.2) is 40.8 Å². The van der Waals surface area contributed by atoms with E-state index in [0.29, 0.717) is 25.2 Å². The summed E-state index contributed by atoms with van der Waals surface area (Å²) in [5.41, 5.74) is -1.95. The van der Waals surface area contributed by atoms with Crippen LogP contribution in [0.15, 0.2) is 0 Å². The molecule has 0 aromatic heterocycles. The van der Waals surface area contributed by atoms with Crippen LogP contribution in [0.25, 0.3) is 0 Å². The molecule has 8 atom stereocenters. The lowest BCUT2D eigenvalue weighted by atomic mass is 9.43. The molecule has 26 heavy (non-hydrogen) atoms. The van der Waals surface area contributed by atoms with Gasteiger partial charge in [0.15, 0.2) is 5.78 Å². The van der Waals surface area contributed by atoms with Gasteiger partial charge in [-0.15, -0.1) is 0 Å². The summed E-state index contributed by atoms with van der Waals surface area (Å²) in [5, 5.41) is 21.4. The lowest BCUT2D eigenvalue weighted by Gasteiger charge is -2.62. The minimum Gasteiger partial charge on any atom is -0.469 e. The predicted octanol–water partition coefficient (Wildman–Crippen LogP) is 2.47. The van der Waals surface area contributed by atoms with Gasteiger partial charge in [-0.2, -0.15) is 0 Å². The van der Waals surface area contributed by atoms with Gasteiger partial charge in [0.2, 0.25) is 0 Å². The average molecular weight is 364 g/mol. The molecular weight excluding hydrogens is 332 g/mol. The Morgan fingerprint density at radius 3 is 2.54 bits per heavy atom. The number of carbonyl (C=O) groups excluding carboxylic acids is 2. The lowest BCUT2D eigenvalue weighted by Crippen LogP contribution is -2.67. The fourth-order valence-corrected chi connectivity index (χ4v) is 7.55. The molecule has 4 fully saturated rings. The Morgan fingerprint density at radius 2 is 1.85 bits per heavy atom. The van der Waals surface area contributed by atoms with Crippen molar-refractivity contribution in [3.8, 4) is 0 Å². The van der Waals surface area contributed by atoms with Crippen molar-refractivity contribution in [2.75, 3.05) is 7.11 Å². The van der Waals surface area contributed by atoms with Crippen molar-refractivity contribution in [3.05, 3.63) is 0 Å². The lowest BCUT2D eigenvalue weighted by molar-refractivity contribution is -0.213. The summed E-state index contributed by atoms with van der Waals surface area (Å²) in [6, 6.07) is 0. The Labute approximate surface area is 155 Å². The average Bonchev–Trinajstić information content (AvgIpc) is 2.94. The number of ether oxygens (including phenoxy) is 1. The third-order valence-corrected chi connectivity index (χ3v) is 9.10. The highest BCUT2D eigenvalue weighted by molar-refractivity contribution is 5.89. The van der Waals surface area contributed by atoms with E-state index in [-0.39, 0.29) is 41.3 Å². The molecule has 0 aromatic carbocycles. The zero-order chi connectivity index (χ0) is 18.9. The quantitative estimate of drug-likeness (QED) is 0.699. The third kappa shape index (κ3) is 2.16. The molecule has 2 N–H and O–H groups in total. The molecule has 0 amide bonds. The monoisotopic (exact) mass is 364 g/mol. The second-order valence-electron chi connectivity index (χ2n) is 9.88. The molecule has 0 heterocycles. The molecule has 0 spiro atoms. The highest BCUT2D eigenvalue weighted by Gasteiger charge is 2.68. The van der Waals surface area contributed by atoms with Gasteiger partial charge in [-0.25, -0.2) is 0 Å². The summed E-state index contributed by atoms with van der Waals surface area (Å²) in [5.74, 6) is 0.575. The smallest absolute Gasteiger partial charge is 0.309 e. The van der Waals surface area contributed by atoms with Gasteiger partial charge in [0.25, 0.3) is 0 Å². The maximum atomic E-state index is 13.1. The summed E-state index contributed by atoms with van der Waals surface area (Å²) in [6.07, 6.45) is 5.01. The molecular formula is C21H32O5. The van der Waals surface area contributed by atoms with E-state index in [2.05, 4.69) is 13.8 Å². The van der Waals surface area contributed by atoms with Crippen LogP contribution in [0.2, 0.25) is 0 Å². The normalized spacial score (nSPS) is 53.4. The number of hydrogen-bond acceptors (Lipinski definition) is 5. The first-order valence-electron chi connectivity index (χ1n) is 10.2. The van der Waals surface area contributed by atoms with Crippen LogP contribution in [0.1, 0.15) is 65.2 Å². The molecule has 0 aliphatic heterocycles. The Bertz CT molecular complexity index is 632. The molecule has 0 bridgehead atoms. The van der Waals surface area contributed by atoms with E-state index in [9.17, 15) is 19.8 Å². The van der Waals surface area contributed by atoms with Gasteiger partial charge in [0, 0.05) is 18.3 Å². The number of carbonyl (C=O) groups is 2. The summed E-state index contributed by atoms with van der Waals surface area (Å²) in [7, 11) is 1.46. The zero-order valence-corrected chi connectivity index (χ0v) is 16.2. The first-order chi connectivity index (χ1) is 12.2. The van der Waals surface area contributed by atoms with Gasteiger partial charge in [-0.05, 0) is 61.7 Å². The molecule has 0 saturated heterocycles. The van der Waals surface area contributed by atoms with E-state index < -0.39 is 17.1 Å². The van der Waals surface area contributed by atoms with Gasteiger partial charge in [-0.3, -0.25) is 9.59 Å². The van der Waals surface area contributed by atoms with E-state index in [1.807, 2.05) is 0 Å². The molecule has 146 valence electrons. The number of aliphatic hydroxyl groups excluding tert-OH is 1. The highest BCUT2D eigenvalue weighted by atomic mass is 16.5. The van der Waals surface area contributed by atoms with Gasteiger partial charge in [0.1, 0.15) is 5.60 Å². The first kappa shape index (κ1) is 18.4. The number of hydrogen-bond donors (Lipinski definition) is 2. The zero-order valence-electron chi connectivity index (χ0n) is 16.2. The molecule has 4 rings (SSSR count). The van der Waals surface area contributed by atoms with E-state index in [4.69, 9.17) is 4.74 Å². The van der Waals surface area contributed by atoms with Gasteiger partial charge < -0.3 is 14.9 Å². The third-order valence-electron chi connectivity index (χ3n) is 9.10. The molecule has 4 aliphatic rings. The minimum absolute atomic E-state index is 0.0738. The van der Waals surface area contributed by atoms with Crippen LogP contribution in [0.5, 0.6) is 0 Å². The van der Waals surface area contributed by atoms with Crippen molar-refractivity contribution < 1.29 is 24.5 Å². The number of ketones is 1. The number of rotatable bonds is 1. The van der Waals surface area contributed by atoms with Crippen molar-refractivity contribution >= 4 is 11.8 Å². The van der Waals surface area contributed by atoms with Crippen molar-refractivity contribution in [3.63, 3.8) is 0 Å².